The highest BCUT2D eigenvalue weighted by Crippen LogP contribution is 2.22. The zero-order valence-electron chi connectivity index (χ0n) is 8.78. The van der Waals surface area contributed by atoms with Crippen LogP contribution in [0.5, 0.6) is 0 Å². The molecule has 16 heavy (non-hydrogen) atoms. The van der Waals surface area contributed by atoms with E-state index in [2.05, 4.69) is 38.6 Å². The molecule has 0 saturated carbocycles. The predicted molar refractivity (Wildman–Crippen MR) is 66.7 cm³/mol. The molecule has 1 aromatic heterocycles. The lowest BCUT2D eigenvalue weighted by molar-refractivity contribution is 0.629. The van der Waals surface area contributed by atoms with Gasteiger partial charge in [-0.05, 0) is 46.6 Å². The summed E-state index contributed by atoms with van der Waals surface area (Å²) < 4.78 is 3.03. The first kappa shape index (κ1) is 10.1. The van der Waals surface area contributed by atoms with E-state index < -0.39 is 0 Å². The Balaban J connectivity index is 2.07. The third kappa shape index (κ3) is 1.68. The Labute approximate surface area is 103 Å². The first-order valence-corrected chi connectivity index (χ1v) is 6.17. The molecule has 0 unspecified atom stereocenters. The number of aromatic nitrogens is 2. The van der Waals surface area contributed by atoms with Gasteiger partial charge in [0.25, 0.3) is 0 Å². The standard InChI is InChI=1S/C12H12BrN3/c13-10-3-1-2-4-12(10)16-8-9-5-6-14-7-11(9)15-16/h1-4,8,14H,5-7H2. The van der Waals surface area contributed by atoms with E-state index in [1.165, 1.54) is 11.3 Å². The fraction of sp³-hybridized carbons (Fsp3) is 0.250. The molecule has 0 aliphatic carbocycles. The molecule has 2 aromatic rings. The molecule has 1 aliphatic rings. The Hall–Kier alpha value is -1.13. The molecule has 0 amide bonds. The Morgan fingerprint density at radius 1 is 1.31 bits per heavy atom. The zero-order valence-corrected chi connectivity index (χ0v) is 10.4. The summed E-state index contributed by atoms with van der Waals surface area (Å²) >= 11 is 3.55. The number of hydrogen-bond donors (Lipinski definition) is 1. The average molecular weight is 278 g/mol. The molecule has 1 aromatic carbocycles. The van der Waals surface area contributed by atoms with Crippen molar-refractivity contribution in [1.82, 2.24) is 15.1 Å². The summed E-state index contributed by atoms with van der Waals surface area (Å²) in [5.74, 6) is 0. The number of nitrogens with zero attached hydrogens (tertiary/aromatic N) is 2. The van der Waals surface area contributed by atoms with Gasteiger partial charge in [-0.15, -0.1) is 0 Å². The zero-order chi connectivity index (χ0) is 11.0. The van der Waals surface area contributed by atoms with Crippen molar-refractivity contribution in [3.8, 4) is 5.69 Å². The molecular weight excluding hydrogens is 266 g/mol. The van der Waals surface area contributed by atoms with Gasteiger partial charge in [0.2, 0.25) is 0 Å². The average Bonchev–Trinajstić information content (AvgIpc) is 2.73. The van der Waals surface area contributed by atoms with Crippen LogP contribution in [-0.4, -0.2) is 16.3 Å². The van der Waals surface area contributed by atoms with Crippen LogP contribution < -0.4 is 5.32 Å². The summed E-state index contributed by atoms with van der Waals surface area (Å²) in [5.41, 5.74) is 3.62. The molecule has 0 spiro atoms. The Kier molecular flexibility index (Phi) is 2.53. The smallest absolute Gasteiger partial charge is 0.0799 e. The van der Waals surface area contributed by atoms with Crippen LogP contribution >= 0.6 is 15.9 Å². The van der Waals surface area contributed by atoms with Gasteiger partial charge in [0.1, 0.15) is 0 Å². The SMILES string of the molecule is Brc1ccccc1-n1cc2c(n1)CNCC2. The molecule has 2 heterocycles. The van der Waals surface area contributed by atoms with Gasteiger partial charge in [0.05, 0.1) is 11.4 Å². The van der Waals surface area contributed by atoms with E-state index in [9.17, 15) is 0 Å². The van der Waals surface area contributed by atoms with E-state index in [1.54, 1.807) is 0 Å². The highest BCUT2D eigenvalue weighted by atomic mass is 79.9. The quantitative estimate of drug-likeness (QED) is 0.867. The third-order valence-electron chi connectivity index (χ3n) is 2.84. The normalized spacial score (nSPS) is 14.8. The fourth-order valence-electron chi connectivity index (χ4n) is 1.99. The molecular formula is C12H12BrN3. The van der Waals surface area contributed by atoms with Crippen molar-refractivity contribution in [2.75, 3.05) is 6.54 Å². The minimum Gasteiger partial charge on any atom is -0.311 e. The molecule has 1 aliphatic heterocycles. The molecule has 3 nitrogen and oxygen atoms in total. The van der Waals surface area contributed by atoms with Crippen LogP contribution in [0.4, 0.5) is 0 Å². The second-order valence-electron chi connectivity index (χ2n) is 3.92. The topological polar surface area (TPSA) is 29.9 Å². The van der Waals surface area contributed by atoms with Crippen molar-refractivity contribution < 1.29 is 0 Å². The lowest BCUT2D eigenvalue weighted by Crippen LogP contribution is -2.22. The molecule has 3 rings (SSSR count). The summed E-state index contributed by atoms with van der Waals surface area (Å²) in [6.07, 6.45) is 3.20. The number of rotatable bonds is 1. The summed E-state index contributed by atoms with van der Waals surface area (Å²) in [4.78, 5) is 0. The fourth-order valence-corrected chi connectivity index (χ4v) is 2.46. The first-order chi connectivity index (χ1) is 7.84. The summed E-state index contributed by atoms with van der Waals surface area (Å²) in [5, 5.41) is 7.94. The van der Waals surface area contributed by atoms with Crippen LogP contribution in [0.3, 0.4) is 0 Å². The van der Waals surface area contributed by atoms with Crippen molar-refractivity contribution in [3.63, 3.8) is 0 Å². The van der Waals surface area contributed by atoms with Gasteiger partial charge < -0.3 is 5.32 Å². The van der Waals surface area contributed by atoms with Gasteiger partial charge in [-0.25, -0.2) is 4.68 Å². The number of benzene rings is 1. The molecule has 0 saturated heterocycles. The van der Waals surface area contributed by atoms with Crippen molar-refractivity contribution in [2.24, 2.45) is 0 Å². The van der Waals surface area contributed by atoms with Crippen molar-refractivity contribution >= 4 is 15.9 Å². The van der Waals surface area contributed by atoms with Crippen molar-refractivity contribution in [2.45, 2.75) is 13.0 Å². The third-order valence-corrected chi connectivity index (χ3v) is 3.51. The first-order valence-electron chi connectivity index (χ1n) is 5.37. The minimum atomic E-state index is 0.882. The van der Waals surface area contributed by atoms with E-state index >= 15 is 0 Å². The summed E-state index contributed by atoms with van der Waals surface area (Å²) in [6.45, 7) is 1.93. The number of halogens is 1. The van der Waals surface area contributed by atoms with Gasteiger partial charge >= 0.3 is 0 Å². The maximum Gasteiger partial charge on any atom is 0.0799 e. The summed E-state index contributed by atoms with van der Waals surface area (Å²) in [7, 11) is 0. The largest absolute Gasteiger partial charge is 0.311 e. The van der Waals surface area contributed by atoms with Gasteiger partial charge in [-0.3, -0.25) is 0 Å². The number of fused-ring (bicyclic) bond motifs is 1. The van der Waals surface area contributed by atoms with E-state index in [-0.39, 0.29) is 0 Å². The van der Waals surface area contributed by atoms with E-state index in [0.29, 0.717) is 0 Å². The number of nitrogens with one attached hydrogen (secondary N) is 1. The maximum absolute atomic E-state index is 4.61. The van der Waals surface area contributed by atoms with Gasteiger partial charge in [0.15, 0.2) is 0 Å². The van der Waals surface area contributed by atoms with Crippen LogP contribution in [0.1, 0.15) is 11.3 Å². The number of hydrogen-bond acceptors (Lipinski definition) is 2. The highest BCUT2D eigenvalue weighted by molar-refractivity contribution is 9.10. The molecule has 0 radical (unpaired) electrons. The lowest BCUT2D eigenvalue weighted by Gasteiger charge is -2.09. The second-order valence-corrected chi connectivity index (χ2v) is 4.78. The minimum absolute atomic E-state index is 0.882. The van der Waals surface area contributed by atoms with Crippen LogP contribution in [0, 0.1) is 0 Å². The monoisotopic (exact) mass is 277 g/mol. The molecule has 0 bridgehead atoms. The Morgan fingerprint density at radius 2 is 2.19 bits per heavy atom. The van der Waals surface area contributed by atoms with Gasteiger partial charge in [0, 0.05) is 17.2 Å². The molecule has 82 valence electrons. The van der Waals surface area contributed by atoms with Crippen molar-refractivity contribution in [3.05, 3.63) is 46.2 Å². The van der Waals surface area contributed by atoms with Crippen LogP contribution in [-0.2, 0) is 13.0 Å². The van der Waals surface area contributed by atoms with Crippen molar-refractivity contribution in [1.29, 1.82) is 0 Å². The van der Waals surface area contributed by atoms with Crippen LogP contribution in [0.15, 0.2) is 34.9 Å². The Bertz CT molecular complexity index is 495. The van der Waals surface area contributed by atoms with Gasteiger partial charge in [-0.1, -0.05) is 12.1 Å². The van der Waals surface area contributed by atoms with Gasteiger partial charge in [-0.2, -0.15) is 5.10 Å². The molecule has 1 N–H and O–H groups in total. The van der Waals surface area contributed by atoms with Crippen LogP contribution in [0.25, 0.3) is 5.69 Å². The molecule has 0 atom stereocenters. The summed E-state index contributed by atoms with van der Waals surface area (Å²) in [6, 6.07) is 8.14. The Morgan fingerprint density at radius 3 is 3.00 bits per heavy atom. The predicted octanol–water partition coefficient (Wildman–Crippen LogP) is 2.28. The lowest BCUT2D eigenvalue weighted by atomic mass is 10.1. The number of para-hydroxylation sites is 1. The van der Waals surface area contributed by atoms with E-state index in [4.69, 9.17) is 0 Å². The maximum atomic E-state index is 4.61. The second kappa shape index (κ2) is 4.03. The molecule has 4 heteroatoms. The molecule has 0 fully saturated rings. The van der Waals surface area contributed by atoms with Crippen LogP contribution in [0.2, 0.25) is 0 Å². The van der Waals surface area contributed by atoms with E-state index in [1.807, 2.05) is 22.9 Å². The van der Waals surface area contributed by atoms with E-state index in [0.717, 1.165) is 29.7 Å². The highest BCUT2D eigenvalue weighted by Gasteiger charge is 2.14.